The van der Waals surface area contributed by atoms with Crippen molar-refractivity contribution in [3.63, 3.8) is 0 Å². The van der Waals surface area contributed by atoms with E-state index in [4.69, 9.17) is 4.74 Å². The second-order valence-electron chi connectivity index (χ2n) is 7.99. The van der Waals surface area contributed by atoms with Gasteiger partial charge in [-0.3, -0.25) is 14.9 Å². The van der Waals surface area contributed by atoms with Crippen LogP contribution in [0.5, 0.6) is 0 Å². The van der Waals surface area contributed by atoms with Gasteiger partial charge in [0.15, 0.2) is 6.10 Å². The van der Waals surface area contributed by atoms with Gasteiger partial charge in [0.25, 0.3) is 5.91 Å². The van der Waals surface area contributed by atoms with E-state index in [1.165, 1.54) is 37.1 Å². The molecule has 0 saturated heterocycles. The molecule has 2 amide bonds. The van der Waals surface area contributed by atoms with Crippen molar-refractivity contribution in [1.29, 1.82) is 0 Å². The first kappa shape index (κ1) is 21.4. The second kappa shape index (κ2) is 9.55. The highest BCUT2D eigenvalue weighted by atomic mass is 32.1. The van der Waals surface area contributed by atoms with Crippen molar-refractivity contribution in [2.45, 2.75) is 64.4 Å². The molecule has 0 aromatic carbocycles. The Bertz CT molecular complexity index is 969. The van der Waals surface area contributed by atoms with Crippen LogP contribution in [0, 0.1) is 5.92 Å². The highest BCUT2D eigenvalue weighted by Crippen LogP contribution is 2.40. The lowest BCUT2D eigenvalue weighted by Crippen LogP contribution is -2.31. The van der Waals surface area contributed by atoms with Gasteiger partial charge in [-0.05, 0) is 50.7 Å². The Morgan fingerprint density at radius 3 is 2.55 bits per heavy atom. The average molecular weight is 443 g/mol. The van der Waals surface area contributed by atoms with Gasteiger partial charge in [-0.25, -0.2) is 14.8 Å². The van der Waals surface area contributed by atoms with Crippen LogP contribution in [0.4, 0.5) is 10.9 Å². The summed E-state index contributed by atoms with van der Waals surface area (Å²) in [6, 6.07) is 1.64. The minimum atomic E-state index is -1.03. The van der Waals surface area contributed by atoms with E-state index in [1.54, 1.807) is 6.07 Å². The number of hydrogen-bond acceptors (Lipinski definition) is 7. The number of amides is 2. The van der Waals surface area contributed by atoms with E-state index < -0.39 is 18.0 Å². The van der Waals surface area contributed by atoms with Gasteiger partial charge < -0.3 is 10.1 Å². The number of thiophene rings is 1. The molecule has 0 aliphatic heterocycles. The number of hydrogen-bond donors (Lipinski definition) is 2. The van der Waals surface area contributed by atoms with Crippen LogP contribution in [0.1, 0.15) is 66.2 Å². The fourth-order valence-electron chi connectivity index (χ4n) is 4.14. The van der Waals surface area contributed by atoms with E-state index in [0.29, 0.717) is 10.6 Å². The second-order valence-corrected chi connectivity index (χ2v) is 9.10. The van der Waals surface area contributed by atoms with Crippen LogP contribution in [-0.4, -0.2) is 33.9 Å². The first-order chi connectivity index (χ1) is 15.0. The summed E-state index contributed by atoms with van der Waals surface area (Å²) in [4.78, 5) is 47.2. The van der Waals surface area contributed by atoms with Crippen LogP contribution in [0.25, 0.3) is 0 Å². The Balaban J connectivity index is 1.46. The number of ether oxygens (including phenoxy) is 1. The largest absolute Gasteiger partial charge is 0.449 e. The number of nitrogens with zero attached hydrogens (tertiary/aromatic N) is 2. The summed E-state index contributed by atoms with van der Waals surface area (Å²) in [5.74, 6) is -0.993. The molecule has 1 fully saturated rings. The fourth-order valence-corrected chi connectivity index (χ4v) is 5.42. The third kappa shape index (κ3) is 4.92. The quantitative estimate of drug-likeness (QED) is 0.660. The number of aromatic nitrogens is 2. The molecule has 2 N–H and O–H groups in total. The molecule has 0 radical (unpaired) electrons. The van der Waals surface area contributed by atoms with Gasteiger partial charge in [0.05, 0.1) is 5.56 Å². The minimum absolute atomic E-state index is 0.00913. The number of aryl methyl sites for hydroxylation is 1. The van der Waals surface area contributed by atoms with E-state index in [0.717, 1.165) is 55.4 Å². The predicted octanol–water partition coefficient (Wildman–Crippen LogP) is 3.73. The molecule has 1 atom stereocenters. The molecule has 0 bridgehead atoms. The Morgan fingerprint density at radius 2 is 1.81 bits per heavy atom. The molecule has 2 aliphatic carbocycles. The molecular formula is C22H26N4O4S. The maximum absolute atomic E-state index is 13.0. The topological polar surface area (TPSA) is 110 Å². The Hall–Kier alpha value is -2.81. The molecule has 4 rings (SSSR count). The van der Waals surface area contributed by atoms with Gasteiger partial charge in [0, 0.05) is 23.2 Å². The smallest absolute Gasteiger partial charge is 0.342 e. The summed E-state index contributed by atoms with van der Waals surface area (Å²) in [6.45, 7) is 1.50. The van der Waals surface area contributed by atoms with Crippen LogP contribution in [0.3, 0.4) is 0 Å². The number of fused-ring (bicyclic) bond motifs is 1. The molecule has 0 spiro atoms. The molecule has 9 heteroatoms. The van der Waals surface area contributed by atoms with Crippen molar-refractivity contribution in [3.05, 3.63) is 34.5 Å². The first-order valence-corrected chi connectivity index (χ1v) is 11.6. The van der Waals surface area contributed by atoms with Crippen LogP contribution < -0.4 is 10.6 Å². The monoisotopic (exact) mass is 442 g/mol. The number of carbonyl (C=O) groups excluding carboxylic acids is 3. The Kier molecular flexibility index (Phi) is 6.60. The molecule has 2 heterocycles. The summed E-state index contributed by atoms with van der Waals surface area (Å²) in [6.07, 6.45) is 9.68. The van der Waals surface area contributed by atoms with E-state index >= 15 is 0 Å². The summed E-state index contributed by atoms with van der Waals surface area (Å²) >= 11 is 1.45. The van der Waals surface area contributed by atoms with Gasteiger partial charge in [0.1, 0.15) is 5.00 Å². The molecule has 31 heavy (non-hydrogen) atoms. The summed E-state index contributed by atoms with van der Waals surface area (Å²) in [5, 5.41) is 6.07. The predicted molar refractivity (Wildman–Crippen MR) is 117 cm³/mol. The zero-order valence-electron chi connectivity index (χ0n) is 17.5. The minimum Gasteiger partial charge on any atom is -0.449 e. The highest BCUT2D eigenvalue weighted by Gasteiger charge is 2.31. The van der Waals surface area contributed by atoms with Gasteiger partial charge in [-0.1, -0.05) is 19.3 Å². The normalized spacial score (nSPS) is 16.9. The van der Waals surface area contributed by atoms with E-state index in [9.17, 15) is 14.4 Å². The van der Waals surface area contributed by atoms with Gasteiger partial charge in [-0.2, -0.15) is 0 Å². The van der Waals surface area contributed by atoms with Crippen LogP contribution in [-0.2, 0) is 27.2 Å². The van der Waals surface area contributed by atoms with Crippen molar-refractivity contribution in [2.75, 3.05) is 10.6 Å². The molecule has 164 valence electrons. The number of esters is 1. The lowest BCUT2D eigenvalue weighted by Gasteiger charge is -2.21. The van der Waals surface area contributed by atoms with E-state index in [1.807, 2.05) is 0 Å². The zero-order chi connectivity index (χ0) is 21.8. The standard InChI is InChI=1S/C22H26N4O4S/c1-13(18(27)26-22-23-11-6-12-24-22)30-21(29)17-15-9-5-10-16(15)31-20(17)25-19(28)14-7-3-2-4-8-14/h6,11-14H,2-5,7-10H2,1H3,(H,25,28)(H,23,24,26,27). The van der Waals surface area contributed by atoms with Crippen LogP contribution in [0.15, 0.2) is 18.5 Å². The average Bonchev–Trinajstić information content (AvgIpc) is 3.35. The van der Waals surface area contributed by atoms with Crippen molar-refractivity contribution in [2.24, 2.45) is 5.92 Å². The molecule has 2 aromatic rings. The Morgan fingerprint density at radius 1 is 1.06 bits per heavy atom. The molecule has 8 nitrogen and oxygen atoms in total. The highest BCUT2D eigenvalue weighted by molar-refractivity contribution is 7.17. The summed E-state index contributed by atoms with van der Waals surface area (Å²) in [7, 11) is 0. The van der Waals surface area contributed by atoms with Crippen molar-refractivity contribution in [3.8, 4) is 0 Å². The van der Waals surface area contributed by atoms with Gasteiger partial charge in [-0.15, -0.1) is 11.3 Å². The third-order valence-corrected chi connectivity index (χ3v) is 7.00. The van der Waals surface area contributed by atoms with Gasteiger partial charge >= 0.3 is 5.97 Å². The number of anilines is 2. The van der Waals surface area contributed by atoms with Crippen molar-refractivity contribution < 1.29 is 19.1 Å². The Labute approximate surface area is 184 Å². The van der Waals surface area contributed by atoms with E-state index in [2.05, 4.69) is 20.6 Å². The van der Waals surface area contributed by atoms with Crippen molar-refractivity contribution in [1.82, 2.24) is 9.97 Å². The number of carbonyl (C=O) groups is 3. The molecular weight excluding hydrogens is 416 g/mol. The molecule has 1 saturated carbocycles. The summed E-state index contributed by atoms with van der Waals surface area (Å²) in [5.41, 5.74) is 1.34. The first-order valence-electron chi connectivity index (χ1n) is 10.8. The fraction of sp³-hybridized carbons (Fsp3) is 0.500. The molecule has 1 unspecified atom stereocenters. The van der Waals surface area contributed by atoms with E-state index in [-0.39, 0.29) is 17.8 Å². The van der Waals surface area contributed by atoms with Crippen LogP contribution in [0.2, 0.25) is 0 Å². The lowest BCUT2D eigenvalue weighted by molar-refractivity contribution is -0.124. The zero-order valence-corrected chi connectivity index (χ0v) is 18.3. The summed E-state index contributed by atoms with van der Waals surface area (Å²) < 4.78 is 5.47. The molecule has 2 aliphatic rings. The lowest BCUT2D eigenvalue weighted by atomic mass is 9.89. The maximum atomic E-state index is 13.0. The SMILES string of the molecule is CC(OC(=O)c1c(NC(=O)C2CCCCC2)sc2c1CCC2)C(=O)Nc1ncccn1. The number of nitrogens with one attached hydrogen (secondary N) is 2. The third-order valence-electron chi connectivity index (χ3n) is 5.79. The molecule has 2 aromatic heterocycles. The van der Waals surface area contributed by atoms with Crippen LogP contribution >= 0.6 is 11.3 Å². The van der Waals surface area contributed by atoms with Crippen molar-refractivity contribution >= 4 is 40.1 Å². The van der Waals surface area contributed by atoms with Gasteiger partial charge in [0.2, 0.25) is 11.9 Å². The maximum Gasteiger partial charge on any atom is 0.342 e. The number of rotatable bonds is 6.